The van der Waals surface area contributed by atoms with E-state index in [1.54, 1.807) is 53.6 Å². The van der Waals surface area contributed by atoms with Crippen LogP contribution in [-0.4, -0.2) is 66.4 Å². The molecule has 1 aliphatic rings. The summed E-state index contributed by atoms with van der Waals surface area (Å²) in [5, 5.41) is 10.0. The molecule has 1 aliphatic heterocycles. The number of amides is 1. The number of aromatic nitrogens is 1. The van der Waals surface area contributed by atoms with Gasteiger partial charge in [0, 0.05) is 61.6 Å². The third kappa shape index (κ3) is 6.52. The fraction of sp³-hybridized carbons (Fsp3) is 0.231. The number of carbonyl (C=O) groups excluding carboxylic acids is 1. The molecule has 36 heavy (non-hydrogen) atoms. The standard InChI is InChI=1S/C26H26ClN3O4S.ClH/c27-23-10-4-20(5-11-23)19-24(12-18-31)35(33,34)30-16-14-29(15-17-30)26(32)22-8-6-21(7-9-22)25-3-1-2-13-28-25;/h1-11,13,19,31H,12,14-18H2;1H/b24-19+;. The number of carbonyl (C=O) groups is 1. The number of halogens is 2. The number of hydrogen-bond acceptors (Lipinski definition) is 5. The highest BCUT2D eigenvalue weighted by Crippen LogP contribution is 2.23. The Bertz CT molecular complexity index is 1290. The van der Waals surface area contributed by atoms with Gasteiger partial charge in [-0.2, -0.15) is 4.31 Å². The fourth-order valence-electron chi connectivity index (χ4n) is 3.93. The van der Waals surface area contributed by atoms with Crippen molar-refractivity contribution >= 4 is 46.0 Å². The lowest BCUT2D eigenvalue weighted by molar-refractivity contribution is 0.0698. The van der Waals surface area contributed by atoms with Gasteiger partial charge >= 0.3 is 0 Å². The van der Waals surface area contributed by atoms with Crippen molar-refractivity contribution in [2.24, 2.45) is 0 Å². The van der Waals surface area contributed by atoms with E-state index >= 15 is 0 Å². The Morgan fingerprint density at radius 3 is 2.22 bits per heavy atom. The Morgan fingerprint density at radius 1 is 0.972 bits per heavy atom. The zero-order valence-corrected chi connectivity index (χ0v) is 21.8. The van der Waals surface area contributed by atoms with Crippen LogP contribution in [0.25, 0.3) is 17.3 Å². The Hall–Kier alpha value is -2.75. The smallest absolute Gasteiger partial charge is 0.253 e. The quantitative estimate of drug-likeness (QED) is 0.475. The van der Waals surface area contributed by atoms with Crippen molar-refractivity contribution in [2.45, 2.75) is 6.42 Å². The van der Waals surface area contributed by atoms with Crippen LogP contribution >= 0.6 is 24.0 Å². The molecule has 2 aromatic carbocycles. The van der Waals surface area contributed by atoms with Crippen molar-refractivity contribution in [2.75, 3.05) is 32.8 Å². The third-order valence-corrected chi connectivity index (χ3v) is 8.13. The van der Waals surface area contributed by atoms with Crippen LogP contribution < -0.4 is 0 Å². The molecule has 1 fully saturated rings. The lowest BCUT2D eigenvalue weighted by Crippen LogP contribution is -2.50. The van der Waals surface area contributed by atoms with Gasteiger partial charge in [0.2, 0.25) is 10.0 Å². The summed E-state index contributed by atoms with van der Waals surface area (Å²) in [7, 11) is -3.79. The number of pyridine rings is 1. The van der Waals surface area contributed by atoms with Gasteiger partial charge in [-0.15, -0.1) is 12.4 Å². The van der Waals surface area contributed by atoms with Crippen molar-refractivity contribution in [3.8, 4) is 11.3 Å². The molecule has 10 heteroatoms. The monoisotopic (exact) mass is 547 g/mol. The van der Waals surface area contributed by atoms with Gasteiger partial charge < -0.3 is 10.0 Å². The van der Waals surface area contributed by atoms with Gasteiger partial charge in [0.25, 0.3) is 5.91 Å². The van der Waals surface area contributed by atoms with Crippen molar-refractivity contribution in [1.82, 2.24) is 14.2 Å². The summed E-state index contributed by atoms with van der Waals surface area (Å²) in [6.07, 6.45) is 3.29. The summed E-state index contributed by atoms with van der Waals surface area (Å²) in [6.45, 7) is 0.652. The van der Waals surface area contributed by atoms with E-state index in [0.29, 0.717) is 16.1 Å². The molecule has 0 atom stereocenters. The van der Waals surface area contributed by atoms with Crippen LogP contribution in [0.4, 0.5) is 0 Å². The highest BCUT2D eigenvalue weighted by molar-refractivity contribution is 7.93. The van der Waals surface area contributed by atoms with Gasteiger partial charge in [-0.3, -0.25) is 9.78 Å². The number of aliphatic hydroxyl groups excluding tert-OH is 1. The molecule has 190 valence electrons. The minimum Gasteiger partial charge on any atom is -0.396 e. The highest BCUT2D eigenvalue weighted by Gasteiger charge is 2.31. The predicted octanol–water partition coefficient (Wildman–Crippen LogP) is 4.33. The molecule has 7 nitrogen and oxygen atoms in total. The van der Waals surface area contributed by atoms with E-state index in [-0.39, 0.29) is 62.4 Å². The summed E-state index contributed by atoms with van der Waals surface area (Å²) in [5.41, 5.74) is 2.98. The molecule has 0 aliphatic carbocycles. The Labute approximate surface area is 222 Å². The second-order valence-corrected chi connectivity index (χ2v) is 10.6. The summed E-state index contributed by atoms with van der Waals surface area (Å²) < 4.78 is 27.9. The number of aliphatic hydroxyl groups is 1. The summed E-state index contributed by atoms with van der Waals surface area (Å²) in [4.78, 5) is 19.1. The normalized spacial score (nSPS) is 14.8. The number of rotatable bonds is 7. The van der Waals surface area contributed by atoms with Gasteiger partial charge in [-0.25, -0.2) is 8.42 Å². The maximum Gasteiger partial charge on any atom is 0.253 e. The number of nitrogens with zero attached hydrogens (tertiary/aromatic N) is 3. The van der Waals surface area contributed by atoms with E-state index in [9.17, 15) is 18.3 Å². The van der Waals surface area contributed by atoms with Crippen LogP contribution in [0.15, 0.2) is 77.8 Å². The molecular weight excluding hydrogens is 521 g/mol. The molecule has 0 radical (unpaired) electrons. The van der Waals surface area contributed by atoms with Crippen LogP contribution in [0.5, 0.6) is 0 Å². The first-order chi connectivity index (χ1) is 16.9. The van der Waals surface area contributed by atoms with Crippen LogP contribution in [0.3, 0.4) is 0 Å². The molecule has 1 amide bonds. The van der Waals surface area contributed by atoms with E-state index in [2.05, 4.69) is 4.98 Å². The van der Waals surface area contributed by atoms with Crippen LogP contribution in [0.1, 0.15) is 22.3 Å². The molecule has 4 rings (SSSR count). The Morgan fingerprint density at radius 2 is 1.64 bits per heavy atom. The first kappa shape index (κ1) is 27.8. The minimum atomic E-state index is -3.79. The molecule has 0 spiro atoms. The first-order valence-corrected chi connectivity index (χ1v) is 13.1. The van der Waals surface area contributed by atoms with Gasteiger partial charge in [0.1, 0.15) is 0 Å². The maximum atomic E-state index is 13.3. The summed E-state index contributed by atoms with van der Waals surface area (Å²) >= 11 is 5.92. The van der Waals surface area contributed by atoms with Crippen molar-refractivity contribution in [3.05, 3.63) is 94.0 Å². The molecule has 2 heterocycles. The molecule has 1 aromatic heterocycles. The van der Waals surface area contributed by atoms with E-state index in [1.807, 2.05) is 30.3 Å². The minimum absolute atomic E-state index is 0. The number of piperazine rings is 1. The number of benzene rings is 2. The molecule has 0 unspecified atom stereocenters. The van der Waals surface area contributed by atoms with Crippen LogP contribution in [0, 0.1) is 0 Å². The van der Waals surface area contributed by atoms with Gasteiger partial charge in [-0.05, 0) is 48.0 Å². The van der Waals surface area contributed by atoms with Crippen molar-refractivity contribution in [3.63, 3.8) is 0 Å². The summed E-state index contributed by atoms with van der Waals surface area (Å²) in [6, 6.07) is 19.7. The van der Waals surface area contributed by atoms with Crippen molar-refractivity contribution in [1.29, 1.82) is 0 Å². The zero-order valence-electron chi connectivity index (χ0n) is 19.5. The molecule has 1 N–H and O–H groups in total. The zero-order chi connectivity index (χ0) is 24.8. The molecule has 1 saturated heterocycles. The SMILES string of the molecule is Cl.O=C(c1ccc(-c2ccccn2)cc1)N1CCN(S(=O)(=O)/C(=C/c2ccc(Cl)cc2)CCO)CC1. The lowest BCUT2D eigenvalue weighted by Gasteiger charge is -2.34. The highest BCUT2D eigenvalue weighted by atomic mass is 35.5. The Kier molecular flexibility index (Phi) is 9.64. The second-order valence-electron chi connectivity index (χ2n) is 8.12. The van der Waals surface area contributed by atoms with E-state index in [1.165, 1.54) is 4.31 Å². The fourth-order valence-corrected chi connectivity index (χ4v) is 5.66. The van der Waals surface area contributed by atoms with E-state index in [0.717, 1.165) is 11.3 Å². The van der Waals surface area contributed by atoms with Gasteiger partial charge in [-0.1, -0.05) is 41.9 Å². The predicted molar refractivity (Wildman–Crippen MR) is 144 cm³/mol. The van der Waals surface area contributed by atoms with E-state index in [4.69, 9.17) is 11.6 Å². The Balaban J connectivity index is 0.00000361. The average molecular weight is 548 g/mol. The molecule has 0 bridgehead atoms. The van der Waals surface area contributed by atoms with Gasteiger partial charge in [0.15, 0.2) is 0 Å². The van der Waals surface area contributed by atoms with Gasteiger partial charge in [0.05, 0.1) is 10.6 Å². The van der Waals surface area contributed by atoms with Crippen molar-refractivity contribution < 1.29 is 18.3 Å². The second kappa shape index (κ2) is 12.5. The summed E-state index contributed by atoms with van der Waals surface area (Å²) in [5.74, 6) is -0.137. The van der Waals surface area contributed by atoms with E-state index < -0.39 is 10.0 Å². The van der Waals surface area contributed by atoms with Crippen LogP contribution in [0.2, 0.25) is 5.02 Å². The molecule has 3 aromatic rings. The number of hydrogen-bond donors (Lipinski definition) is 1. The lowest BCUT2D eigenvalue weighted by atomic mass is 10.1. The largest absolute Gasteiger partial charge is 0.396 e. The molecular formula is C26H27Cl2N3O4S. The topological polar surface area (TPSA) is 90.8 Å². The third-order valence-electron chi connectivity index (χ3n) is 5.85. The first-order valence-electron chi connectivity index (χ1n) is 11.3. The molecule has 0 saturated carbocycles. The maximum absolute atomic E-state index is 13.3. The number of sulfonamides is 1. The van der Waals surface area contributed by atoms with Crippen LogP contribution in [-0.2, 0) is 10.0 Å². The average Bonchev–Trinajstić information content (AvgIpc) is 2.90.